The molecular weight excluding hydrogens is 265 g/mol. The Kier molecular flexibility index (Phi) is 2.88. The average molecular weight is 274 g/mol. The lowest BCUT2D eigenvalue weighted by Gasteiger charge is -2.27. The second-order valence-electron chi connectivity index (χ2n) is 4.04. The van der Waals surface area contributed by atoms with Crippen LogP contribution in [0, 0.1) is 0 Å². The highest BCUT2D eigenvalue weighted by Gasteiger charge is 2.58. The molecule has 1 aromatic heterocycles. The van der Waals surface area contributed by atoms with Crippen LogP contribution in [0.2, 0.25) is 0 Å². The number of nitrogens with zero attached hydrogens (tertiary/aromatic N) is 1. The van der Waals surface area contributed by atoms with Crippen molar-refractivity contribution in [2.24, 2.45) is 0 Å². The quantitative estimate of drug-likeness (QED) is 0.899. The maximum absolute atomic E-state index is 12.8. The minimum Gasteiger partial charge on any atom is -0.479 e. The van der Waals surface area contributed by atoms with Crippen LogP contribution in [-0.2, 0) is 4.79 Å². The van der Waals surface area contributed by atoms with Gasteiger partial charge in [-0.3, -0.25) is 0 Å². The third kappa shape index (κ3) is 2.20. The fraction of sp³-hybridized carbons (Fsp3) is 0.273. The molecule has 0 fully saturated rings. The first-order valence-electron chi connectivity index (χ1n) is 5.18. The maximum Gasteiger partial charge on any atom is 0.422 e. The summed E-state index contributed by atoms with van der Waals surface area (Å²) in [7, 11) is 0. The molecule has 1 atom stereocenters. The third-order valence-corrected chi connectivity index (χ3v) is 2.65. The summed E-state index contributed by atoms with van der Waals surface area (Å²) in [6.45, 7) is 0.504. The van der Waals surface area contributed by atoms with Crippen molar-refractivity contribution >= 4 is 23.1 Å². The summed E-state index contributed by atoms with van der Waals surface area (Å²) in [6.07, 6.45) is -5.00. The highest BCUT2D eigenvalue weighted by atomic mass is 19.4. The Hall–Kier alpha value is -2.25. The van der Waals surface area contributed by atoms with E-state index in [0.29, 0.717) is 12.4 Å². The zero-order valence-corrected chi connectivity index (χ0v) is 9.65. The molecule has 1 heterocycles. The summed E-state index contributed by atoms with van der Waals surface area (Å²) >= 11 is 0. The number of benzene rings is 1. The summed E-state index contributed by atoms with van der Waals surface area (Å²) in [5.74, 6) is -2.07. The van der Waals surface area contributed by atoms with Gasteiger partial charge in [0, 0.05) is 0 Å². The highest BCUT2D eigenvalue weighted by molar-refractivity contribution is 5.83. The molecular formula is C11H9F3N2O3. The molecule has 8 heteroatoms. The molecule has 2 rings (SSSR count). The van der Waals surface area contributed by atoms with Gasteiger partial charge < -0.3 is 14.8 Å². The van der Waals surface area contributed by atoms with Gasteiger partial charge in [0.15, 0.2) is 5.58 Å². The van der Waals surface area contributed by atoms with E-state index in [1.54, 1.807) is 17.4 Å². The number of hydrogen-bond acceptors (Lipinski definition) is 4. The number of anilines is 1. The molecule has 5 nitrogen and oxygen atoms in total. The molecule has 1 unspecified atom stereocenters. The molecule has 0 saturated heterocycles. The van der Waals surface area contributed by atoms with Crippen molar-refractivity contribution < 1.29 is 27.5 Å². The number of alkyl halides is 3. The number of carbonyl (C=O) groups is 1. The van der Waals surface area contributed by atoms with Gasteiger partial charge in [0.1, 0.15) is 5.52 Å². The Morgan fingerprint density at radius 1 is 1.37 bits per heavy atom. The Balaban J connectivity index is 2.39. The topological polar surface area (TPSA) is 75.4 Å². The van der Waals surface area contributed by atoms with Gasteiger partial charge in [-0.2, -0.15) is 18.2 Å². The number of oxazole rings is 1. The molecule has 2 aromatic rings. The number of carboxylic acids is 1. The summed E-state index contributed by atoms with van der Waals surface area (Å²) < 4.78 is 43.4. The monoisotopic (exact) mass is 274 g/mol. The molecule has 102 valence electrons. The normalized spacial score (nSPS) is 15.2. The summed E-state index contributed by atoms with van der Waals surface area (Å²) in [5.41, 5.74) is -2.58. The fourth-order valence-corrected chi connectivity index (χ4v) is 1.39. The molecule has 0 spiro atoms. The first-order valence-corrected chi connectivity index (χ1v) is 5.18. The molecule has 0 radical (unpaired) electrons. The van der Waals surface area contributed by atoms with Crippen LogP contribution < -0.4 is 5.32 Å². The van der Waals surface area contributed by atoms with Crippen LogP contribution in [0.1, 0.15) is 6.92 Å². The fourth-order valence-electron chi connectivity index (χ4n) is 1.39. The Labute approximate surface area is 105 Å². The standard InChI is InChI=1S/C11H9F3N2O3/c1-10(8(17)18,11(12,13)14)16-9-15-6-4-2-3-5-7(6)19-9/h2-5H,1H3,(H,15,16)(H,17,18). The number of hydrogen-bond donors (Lipinski definition) is 2. The summed E-state index contributed by atoms with van der Waals surface area (Å²) in [5, 5.41) is 10.5. The number of rotatable bonds is 3. The van der Waals surface area contributed by atoms with Gasteiger partial charge in [0.25, 0.3) is 6.01 Å². The van der Waals surface area contributed by atoms with Gasteiger partial charge in [-0.15, -0.1) is 0 Å². The number of aromatic nitrogens is 1. The zero-order chi connectivity index (χ0) is 14.3. The van der Waals surface area contributed by atoms with E-state index in [4.69, 9.17) is 9.52 Å². The predicted octanol–water partition coefficient (Wildman–Crippen LogP) is 2.65. The van der Waals surface area contributed by atoms with E-state index in [1.165, 1.54) is 12.1 Å². The third-order valence-electron chi connectivity index (χ3n) is 2.65. The second kappa shape index (κ2) is 4.15. The maximum atomic E-state index is 12.8. The van der Waals surface area contributed by atoms with Crippen LogP contribution in [-0.4, -0.2) is 27.8 Å². The van der Waals surface area contributed by atoms with Crippen molar-refractivity contribution in [2.45, 2.75) is 18.6 Å². The van der Waals surface area contributed by atoms with Gasteiger partial charge in [-0.1, -0.05) is 12.1 Å². The number of para-hydroxylation sites is 2. The van der Waals surface area contributed by atoms with Crippen molar-refractivity contribution in [3.05, 3.63) is 24.3 Å². The van der Waals surface area contributed by atoms with E-state index in [1.807, 2.05) is 0 Å². The van der Waals surface area contributed by atoms with Crippen molar-refractivity contribution in [3.63, 3.8) is 0 Å². The van der Waals surface area contributed by atoms with E-state index in [-0.39, 0.29) is 5.58 Å². The van der Waals surface area contributed by atoms with Crippen molar-refractivity contribution in [1.82, 2.24) is 4.98 Å². The van der Waals surface area contributed by atoms with E-state index < -0.39 is 23.7 Å². The highest BCUT2D eigenvalue weighted by Crippen LogP contribution is 2.34. The molecule has 1 aromatic carbocycles. The van der Waals surface area contributed by atoms with Gasteiger partial charge in [0.2, 0.25) is 5.54 Å². The van der Waals surface area contributed by atoms with Gasteiger partial charge in [-0.25, -0.2) is 4.79 Å². The molecule has 0 saturated carbocycles. The number of nitrogens with one attached hydrogen (secondary N) is 1. The van der Waals surface area contributed by atoms with Crippen molar-refractivity contribution in [3.8, 4) is 0 Å². The first kappa shape index (κ1) is 13.2. The van der Waals surface area contributed by atoms with Crippen molar-refractivity contribution in [1.29, 1.82) is 0 Å². The molecule has 0 aliphatic carbocycles. The number of halogens is 3. The smallest absolute Gasteiger partial charge is 0.422 e. The van der Waals surface area contributed by atoms with E-state index in [0.717, 1.165) is 0 Å². The summed E-state index contributed by atoms with van der Waals surface area (Å²) in [4.78, 5) is 14.6. The summed E-state index contributed by atoms with van der Waals surface area (Å²) in [6, 6.07) is 5.81. The molecule has 0 aliphatic rings. The van der Waals surface area contributed by atoms with E-state index in [2.05, 4.69) is 4.98 Å². The Morgan fingerprint density at radius 3 is 2.53 bits per heavy atom. The van der Waals surface area contributed by atoms with Crippen LogP contribution in [0.3, 0.4) is 0 Å². The average Bonchev–Trinajstić information content (AvgIpc) is 2.68. The van der Waals surface area contributed by atoms with Gasteiger partial charge >= 0.3 is 12.1 Å². The lowest BCUT2D eigenvalue weighted by molar-refractivity contribution is -0.193. The lowest BCUT2D eigenvalue weighted by atomic mass is 10.0. The first-order chi connectivity index (χ1) is 8.74. The van der Waals surface area contributed by atoms with E-state index >= 15 is 0 Å². The molecule has 0 amide bonds. The Morgan fingerprint density at radius 2 is 2.00 bits per heavy atom. The van der Waals surface area contributed by atoms with Gasteiger partial charge in [-0.05, 0) is 19.1 Å². The van der Waals surface area contributed by atoms with E-state index in [9.17, 15) is 18.0 Å². The molecule has 0 bridgehead atoms. The number of aliphatic carboxylic acids is 1. The SMILES string of the molecule is CC(Nc1nc2ccccc2o1)(C(=O)O)C(F)(F)F. The van der Waals surface area contributed by atoms with Crippen molar-refractivity contribution in [2.75, 3.05) is 5.32 Å². The second-order valence-corrected chi connectivity index (χ2v) is 4.04. The molecule has 0 aliphatic heterocycles. The Bertz CT molecular complexity index is 590. The molecule has 2 N–H and O–H groups in total. The van der Waals surface area contributed by atoms with Crippen LogP contribution >= 0.6 is 0 Å². The minimum absolute atomic E-state index is 0.264. The number of carboxylic acid groups (broad SMARTS) is 1. The minimum atomic E-state index is -5.00. The molecule has 19 heavy (non-hydrogen) atoms. The van der Waals surface area contributed by atoms with Crippen LogP contribution in [0.4, 0.5) is 19.2 Å². The van der Waals surface area contributed by atoms with Crippen LogP contribution in [0.15, 0.2) is 28.7 Å². The number of fused-ring (bicyclic) bond motifs is 1. The lowest BCUT2D eigenvalue weighted by Crippen LogP contribution is -2.55. The van der Waals surface area contributed by atoms with Gasteiger partial charge in [0.05, 0.1) is 0 Å². The van der Waals surface area contributed by atoms with Crippen LogP contribution in [0.5, 0.6) is 0 Å². The predicted molar refractivity (Wildman–Crippen MR) is 59.7 cm³/mol. The zero-order valence-electron chi connectivity index (χ0n) is 9.65. The largest absolute Gasteiger partial charge is 0.479 e. The van der Waals surface area contributed by atoms with Crippen LogP contribution in [0.25, 0.3) is 11.1 Å².